The SMILES string of the molecule is CC(OC(=O)Nc1c(-c2ccc(-c3ccc(C4(C(=O)O)CC4)cc3)cc2)c(F)cn1C)c1ccccc1OC(F)F. The van der Waals surface area contributed by atoms with Crippen molar-refractivity contribution in [3.8, 4) is 28.0 Å². The number of rotatable bonds is 9. The number of ether oxygens (including phenoxy) is 2. The number of anilines is 1. The molecule has 0 radical (unpaired) electrons. The second kappa shape index (κ2) is 11.0. The number of carboxylic acid groups (broad SMARTS) is 1. The van der Waals surface area contributed by atoms with Gasteiger partial charge in [-0.25, -0.2) is 9.18 Å². The second-order valence-corrected chi connectivity index (χ2v) is 9.94. The summed E-state index contributed by atoms with van der Waals surface area (Å²) in [5.74, 6) is -1.34. The van der Waals surface area contributed by atoms with Crippen molar-refractivity contribution in [1.82, 2.24) is 4.57 Å². The summed E-state index contributed by atoms with van der Waals surface area (Å²) in [6, 6.07) is 20.4. The summed E-state index contributed by atoms with van der Waals surface area (Å²) in [5.41, 5.74) is 2.63. The van der Waals surface area contributed by atoms with Crippen LogP contribution in [0.15, 0.2) is 79.0 Å². The van der Waals surface area contributed by atoms with Crippen molar-refractivity contribution in [2.45, 2.75) is 37.9 Å². The number of halogens is 3. The molecule has 1 aliphatic carbocycles. The van der Waals surface area contributed by atoms with Crippen molar-refractivity contribution >= 4 is 17.9 Å². The predicted octanol–water partition coefficient (Wildman–Crippen LogP) is 7.53. The molecule has 7 nitrogen and oxygen atoms in total. The van der Waals surface area contributed by atoms with Crippen LogP contribution in [0.4, 0.5) is 23.8 Å². The summed E-state index contributed by atoms with van der Waals surface area (Å²) in [7, 11) is 1.57. The lowest BCUT2D eigenvalue weighted by Crippen LogP contribution is -2.19. The number of para-hydroxylation sites is 1. The molecule has 41 heavy (non-hydrogen) atoms. The molecule has 0 saturated heterocycles. The highest BCUT2D eigenvalue weighted by Gasteiger charge is 2.51. The molecule has 10 heteroatoms. The minimum atomic E-state index is -3.04. The number of nitrogens with zero attached hydrogens (tertiary/aromatic N) is 1. The second-order valence-electron chi connectivity index (χ2n) is 9.94. The first-order valence-electron chi connectivity index (χ1n) is 12.9. The van der Waals surface area contributed by atoms with E-state index in [-0.39, 0.29) is 22.7 Å². The Labute approximate surface area is 234 Å². The van der Waals surface area contributed by atoms with Crippen LogP contribution in [-0.4, -0.2) is 28.3 Å². The van der Waals surface area contributed by atoms with Crippen LogP contribution in [0, 0.1) is 5.82 Å². The molecule has 1 atom stereocenters. The van der Waals surface area contributed by atoms with Crippen LogP contribution < -0.4 is 10.1 Å². The standard InChI is InChI=1S/C31H27F3N2O5/c1-18(23-5-3-4-6-25(23)41-29(33)34)40-30(39)35-27-26(24(32)17-36(27)2)21-9-7-19(8-10-21)20-11-13-22(14-12-20)31(15-16-31)28(37)38/h3-14,17-18,29H,15-16H2,1-2H3,(H,35,39)(H,37,38). The Morgan fingerprint density at radius 2 is 1.54 bits per heavy atom. The smallest absolute Gasteiger partial charge is 0.413 e. The Morgan fingerprint density at radius 1 is 0.951 bits per heavy atom. The first-order valence-corrected chi connectivity index (χ1v) is 12.9. The number of aliphatic carboxylic acids is 1. The third-order valence-electron chi connectivity index (χ3n) is 7.32. The molecule has 1 heterocycles. The zero-order valence-electron chi connectivity index (χ0n) is 22.2. The minimum absolute atomic E-state index is 0.114. The highest BCUT2D eigenvalue weighted by molar-refractivity contribution is 5.91. The molecule has 212 valence electrons. The molecule has 1 unspecified atom stereocenters. The summed E-state index contributed by atoms with van der Waals surface area (Å²) in [4.78, 5) is 24.4. The zero-order chi connectivity index (χ0) is 29.3. The Hall–Kier alpha value is -4.73. The number of hydrogen-bond acceptors (Lipinski definition) is 4. The topological polar surface area (TPSA) is 89.8 Å². The quantitative estimate of drug-likeness (QED) is 0.219. The van der Waals surface area contributed by atoms with Gasteiger partial charge in [0.1, 0.15) is 17.7 Å². The van der Waals surface area contributed by atoms with Crippen LogP contribution in [0.1, 0.15) is 37.0 Å². The van der Waals surface area contributed by atoms with E-state index in [0.29, 0.717) is 18.4 Å². The summed E-state index contributed by atoms with van der Waals surface area (Å²) in [6.45, 7) is -1.53. The summed E-state index contributed by atoms with van der Waals surface area (Å²) < 4.78 is 51.9. The molecule has 1 aliphatic rings. The van der Waals surface area contributed by atoms with Gasteiger partial charge in [0.15, 0.2) is 5.82 Å². The van der Waals surface area contributed by atoms with Crippen LogP contribution in [0.3, 0.4) is 0 Å². The summed E-state index contributed by atoms with van der Waals surface area (Å²) >= 11 is 0. The van der Waals surface area contributed by atoms with Gasteiger partial charge in [-0.05, 0) is 48.1 Å². The Morgan fingerprint density at radius 3 is 2.12 bits per heavy atom. The molecular weight excluding hydrogens is 537 g/mol. The minimum Gasteiger partial charge on any atom is -0.481 e. The van der Waals surface area contributed by atoms with Gasteiger partial charge in [-0.2, -0.15) is 8.78 Å². The molecule has 1 fully saturated rings. The Balaban J connectivity index is 1.32. The number of aryl methyl sites for hydroxylation is 1. The van der Waals surface area contributed by atoms with Gasteiger partial charge in [0, 0.05) is 18.8 Å². The molecule has 4 aromatic rings. The van der Waals surface area contributed by atoms with Crippen LogP contribution in [0.25, 0.3) is 22.3 Å². The predicted molar refractivity (Wildman–Crippen MR) is 146 cm³/mol. The molecule has 0 spiro atoms. The first kappa shape index (κ1) is 27.8. The Kier molecular flexibility index (Phi) is 7.49. The van der Waals surface area contributed by atoms with Gasteiger partial charge in [-0.1, -0.05) is 66.7 Å². The molecule has 5 rings (SSSR count). The highest BCUT2D eigenvalue weighted by Crippen LogP contribution is 2.48. The largest absolute Gasteiger partial charge is 0.481 e. The number of carbonyl (C=O) groups is 2. The van der Waals surface area contributed by atoms with E-state index >= 15 is 4.39 Å². The average Bonchev–Trinajstić information content (AvgIpc) is 3.71. The van der Waals surface area contributed by atoms with E-state index in [0.717, 1.165) is 16.7 Å². The fraction of sp³-hybridized carbons (Fsp3) is 0.226. The van der Waals surface area contributed by atoms with Crippen LogP contribution in [0.2, 0.25) is 0 Å². The van der Waals surface area contributed by atoms with Crippen molar-refractivity contribution in [3.63, 3.8) is 0 Å². The summed E-state index contributed by atoms with van der Waals surface area (Å²) in [6.07, 6.45) is 0.640. The lowest BCUT2D eigenvalue weighted by atomic mass is 9.93. The lowest BCUT2D eigenvalue weighted by Gasteiger charge is -2.18. The first-order chi connectivity index (χ1) is 19.6. The fourth-order valence-corrected chi connectivity index (χ4v) is 4.95. The number of aromatic nitrogens is 1. The van der Waals surface area contributed by atoms with Crippen molar-refractivity contribution in [1.29, 1.82) is 0 Å². The molecule has 1 amide bonds. The number of carbonyl (C=O) groups excluding carboxylic acids is 1. The van der Waals surface area contributed by atoms with Crippen LogP contribution in [-0.2, 0) is 22.0 Å². The molecule has 0 bridgehead atoms. The van der Waals surface area contributed by atoms with Crippen molar-refractivity contribution in [3.05, 3.63) is 95.9 Å². The Bertz CT molecular complexity index is 1580. The lowest BCUT2D eigenvalue weighted by molar-refractivity contribution is -0.140. The van der Waals surface area contributed by atoms with Crippen molar-refractivity contribution in [2.24, 2.45) is 7.05 Å². The van der Waals surface area contributed by atoms with Gasteiger partial charge in [0.2, 0.25) is 0 Å². The molecule has 3 aromatic carbocycles. The van der Waals surface area contributed by atoms with E-state index in [4.69, 9.17) is 4.74 Å². The third kappa shape index (κ3) is 5.63. The van der Waals surface area contributed by atoms with Crippen molar-refractivity contribution < 1.29 is 37.3 Å². The maximum absolute atomic E-state index is 15.0. The molecule has 0 aliphatic heterocycles. The van der Waals surface area contributed by atoms with E-state index in [2.05, 4.69) is 10.1 Å². The van der Waals surface area contributed by atoms with E-state index in [9.17, 15) is 23.5 Å². The number of carboxylic acids is 1. The number of hydrogen-bond donors (Lipinski definition) is 2. The fourth-order valence-electron chi connectivity index (χ4n) is 4.95. The zero-order valence-corrected chi connectivity index (χ0v) is 22.2. The van der Waals surface area contributed by atoms with E-state index < -0.39 is 36.0 Å². The molecule has 1 aromatic heterocycles. The van der Waals surface area contributed by atoms with E-state index in [1.165, 1.54) is 35.9 Å². The van der Waals surface area contributed by atoms with Gasteiger partial charge < -0.3 is 19.1 Å². The van der Waals surface area contributed by atoms with Gasteiger partial charge in [0.25, 0.3) is 0 Å². The van der Waals surface area contributed by atoms with Gasteiger partial charge in [0.05, 0.1) is 11.0 Å². The number of nitrogens with one attached hydrogen (secondary N) is 1. The number of amides is 1. The molecule has 2 N–H and O–H groups in total. The average molecular weight is 565 g/mol. The van der Waals surface area contributed by atoms with E-state index in [1.54, 1.807) is 25.2 Å². The number of alkyl halides is 2. The monoisotopic (exact) mass is 564 g/mol. The number of benzene rings is 3. The molecular formula is C31H27F3N2O5. The van der Waals surface area contributed by atoms with Crippen LogP contribution in [0.5, 0.6) is 5.75 Å². The normalized spacial score (nSPS) is 14.4. The maximum Gasteiger partial charge on any atom is 0.413 e. The maximum atomic E-state index is 15.0. The summed E-state index contributed by atoms with van der Waals surface area (Å²) in [5, 5.41) is 12.1. The van der Waals surface area contributed by atoms with Crippen LogP contribution >= 0.6 is 0 Å². The van der Waals surface area contributed by atoms with Gasteiger partial charge in [-0.15, -0.1) is 0 Å². The van der Waals surface area contributed by atoms with Gasteiger partial charge in [-0.3, -0.25) is 10.1 Å². The highest BCUT2D eigenvalue weighted by atomic mass is 19.3. The van der Waals surface area contributed by atoms with E-state index in [1.807, 2.05) is 36.4 Å². The van der Waals surface area contributed by atoms with Gasteiger partial charge >= 0.3 is 18.7 Å². The third-order valence-corrected chi connectivity index (χ3v) is 7.32. The van der Waals surface area contributed by atoms with Crippen molar-refractivity contribution in [2.75, 3.05) is 5.32 Å². The molecule has 1 saturated carbocycles.